The highest BCUT2D eigenvalue weighted by Crippen LogP contribution is 2.23. The van der Waals surface area contributed by atoms with Crippen LogP contribution in [0.4, 0.5) is 24.1 Å². The number of alkyl carbamates (subject to hydrolysis) is 1. The largest absolute Gasteiger partial charge is 0.465 e. The molecule has 13 heteroatoms. The van der Waals surface area contributed by atoms with E-state index in [4.69, 9.17) is 4.74 Å². The Morgan fingerprint density at radius 2 is 1.95 bits per heavy atom. The van der Waals surface area contributed by atoms with Gasteiger partial charge in [-0.1, -0.05) is 12.1 Å². The second kappa shape index (κ2) is 10.8. The summed E-state index contributed by atoms with van der Waals surface area (Å²) in [4.78, 5) is 36.4. The molecular weight excluding hydrogens is 490 g/mol. The van der Waals surface area contributed by atoms with E-state index in [1.807, 2.05) is 5.32 Å². The molecular formula is C24H28F2N6O5. The lowest BCUT2D eigenvalue weighted by atomic mass is 10.1. The Bertz CT molecular complexity index is 1330. The summed E-state index contributed by atoms with van der Waals surface area (Å²) < 4.78 is 37.2. The molecule has 2 heterocycles. The molecule has 0 radical (unpaired) electrons. The standard InChI is InChI=1S/C24H28F2N6O5/c1-23(2,3)37-21(34)27-14-24(25,26)15-31(22(35)36)17-7-5-6-16(10-17)11-19-20(33)8-9-32(29-19)18-12-28-30(4)13-18/h5-10,12-13H,11,14-15H2,1-4H3,(H,27,34)(H,35,36). The zero-order valence-corrected chi connectivity index (χ0v) is 20.8. The van der Waals surface area contributed by atoms with Crippen LogP contribution in [0.15, 0.2) is 53.7 Å². The molecule has 0 fully saturated rings. The van der Waals surface area contributed by atoms with Crippen molar-refractivity contribution >= 4 is 17.9 Å². The third-order valence-corrected chi connectivity index (χ3v) is 4.94. The molecule has 3 aromatic rings. The summed E-state index contributed by atoms with van der Waals surface area (Å²) in [5, 5.41) is 20.0. The van der Waals surface area contributed by atoms with Crippen molar-refractivity contribution in [1.82, 2.24) is 24.9 Å². The van der Waals surface area contributed by atoms with E-state index in [0.29, 0.717) is 16.2 Å². The maximum atomic E-state index is 14.6. The van der Waals surface area contributed by atoms with Gasteiger partial charge >= 0.3 is 12.2 Å². The number of aryl methyl sites for hydroxylation is 1. The first-order chi connectivity index (χ1) is 17.2. The van der Waals surface area contributed by atoms with Gasteiger partial charge in [0.05, 0.1) is 25.5 Å². The molecule has 1 aromatic carbocycles. The van der Waals surface area contributed by atoms with Gasteiger partial charge in [-0.3, -0.25) is 14.4 Å². The van der Waals surface area contributed by atoms with Crippen LogP contribution >= 0.6 is 0 Å². The van der Waals surface area contributed by atoms with Crippen molar-refractivity contribution in [3.63, 3.8) is 0 Å². The maximum Gasteiger partial charge on any atom is 0.412 e. The first-order valence-corrected chi connectivity index (χ1v) is 11.2. The summed E-state index contributed by atoms with van der Waals surface area (Å²) in [5.74, 6) is -3.59. The Morgan fingerprint density at radius 1 is 1.22 bits per heavy atom. The lowest BCUT2D eigenvalue weighted by molar-refractivity contribution is 0.00224. The molecule has 0 aliphatic rings. The van der Waals surface area contributed by atoms with Gasteiger partial charge in [-0.15, -0.1) is 0 Å². The molecule has 198 valence electrons. The van der Waals surface area contributed by atoms with E-state index in [1.165, 1.54) is 35.1 Å². The van der Waals surface area contributed by atoms with Gasteiger partial charge in [-0.05, 0) is 38.5 Å². The molecule has 2 amide bonds. The minimum Gasteiger partial charge on any atom is -0.465 e. The van der Waals surface area contributed by atoms with Gasteiger partial charge in [0, 0.05) is 31.4 Å². The maximum absolute atomic E-state index is 14.6. The molecule has 2 aromatic heterocycles. The predicted octanol–water partition coefficient (Wildman–Crippen LogP) is 3.20. The second-order valence-electron chi connectivity index (χ2n) is 9.37. The number of alkyl halides is 2. The van der Waals surface area contributed by atoms with Gasteiger partial charge in [0.2, 0.25) is 5.43 Å². The molecule has 0 unspecified atom stereocenters. The van der Waals surface area contributed by atoms with Gasteiger partial charge in [0.1, 0.15) is 17.0 Å². The summed E-state index contributed by atoms with van der Waals surface area (Å²) >= 11 is 0. The number of benzene rings is 1. The quantitative estimate of drug-likeness (QED) is 0.468. The average Bonchev–Trinajstić information content (AvgIpc) is 3.23. The number of anilines is 1. The number of nitrogens with zero attached hydrogens (tertiary/aromatic N) is 5. The van der Waals surface area contributed by atoms with Crippen molar-refractivity contribution in [3.8, 4) is 5.69 Å². The topological polar surface area (TPSA) is 132 Å². The zero-order chi connectivity index (χ0) is 27.4. The molecule has 3 rings (SSSR count). The molecule has 0 aliphatic carbocycles. The summed E-state index contributed by atoms with van der Waals surface area (Å²) in [6.07, 6.45) is 2.18. The Kier molecular flexibility index (Phi) is 7.94. The van der Waals surface area contributed by atoms with Crippen molar-refractivity contribution in [1.29, 1.82) is 0 Å². The minimum atomic E-state index is -3.59. The summed E-state index contributed by atoms with van der Waals surface area (Å²) in [7, 11) is 1.74. The lowest BCUT2D eigenvalue weighted by Crippen LogP contribution is -2.47. The minimum absolute atomic E-state index is 0.0227. The number of hydrogen-bond acceptors (Lipinski definition) is 6. The number of rotatable bonds is 8. The number of carbonyl (C=O) groups excluding carboxylic acids is 1. The number of carboxylic acid groups (broad SMARTS) is 1. The van der Waals surface area contributed by atoms with Crippen LogP contribution in [0.1, 0.15) is 32.0 Å². The zero-order valence-electron chi connectivity index (χ0n) is 20.8. The van der Waals surface area contributed by atoms with Crippen LogP contribution in [0.3, 0.4) is 0 Å². The van der Waals surface area contributed by atoms with Crippen LogP contribution in [0, 0.1) is 0 Å². The van der Waals surface area contributed by atoms with E-state index in [2.05, 4.69) is 10.2 Å². The molecule has 0 saturated heterocycles. The van der Waals surface area contributed by atoms with Crippen molar-refractivity contribution in [2.45, 2.75) is 38.7 Å². The smallest absolute Gasteiger partial charge is 0.412 e. The Balaban J connectivity index is 1.77. The van der Waals surface area contributed by atoms with Crippen molar-refractivity contribution < 1.29 is 28.2 Å². The predicted molar refractivity (Wildman–Crippen MR) is 130 cm³/mol. The van der Waals surface area contributed by atoms with Crippen LogP contribution < -0.4 is 15.6 Å². The SMILES string of the molecule is Cn1cc(-n2ccc(=O)c(Cc3cccc(N(CC(F)(F)CNC(=O)OC(C)(C)C)C(=O)O)c3)n2)cn1. The third kappa shape index (κ3) is 7.85. The van der Waals surface area contributed by atoms with Crippen LogP contribution in [0.5, 0.6) is 0 Å². The normalized spacial score (nSPS) is 11.7. The number of hydrogen-bond donors (Lipinski definition) is 2. The molecule has 11 nitrogen and oxygen atoms in total. The molecule has 0 atom stereocenters. The van der Waals surface area contributed by atoms with E-state index in [0.717, 1.165) is 0 Å². The second-order valence-corrected chi connectivity index (χ2v) is 9.37. The molecule has 0 saturated carbocycles. The van der Waals surface area contributed by atoms with Crippen molar-refractivity contribution in [2.75, 3.05) is 18.0 Å². The van der Waals surface area contributed by atoms with Gasteiger partial charge in [-0.2, -0.15) is 10.2 Å². The fraction of sp³-hybridized carbons (Fsp3) is 0.375. The highest BCUT2D eigenvalue weighted by Gasteiger charge is 2.35. The molecule has 0 aliphatic heterocycles. The summed E-state index contributed by atoms with van der Waals surface area (Å²) in [6, 6.07) is 7.24. The van der Waals surface area contributed by atoms with Crippen LogP contribution in [0.25, 0.3) is 5.69 Å². The van der Waals surface area contributed by atoms with Gasteiger partial charge in [0.25, 0.3) is 5.92 Å². The van der Waals surface area contributed by atoms with E-state index in [1.54, 1.807) is 51.0 Å². The molecule has 37 heavy (non-hydrogen) atoms. The van der Waals surface area contributed by atoms with E-state index < -0.39 is 36.8 Å². The summed E-state index contributed by atoms with van der Waals surface area (Å²) in [6.45, 7) is 2.43. The first-order valence-electron chi connectivity index (χ1n) is 11.2. The third-order valence-electron chi connectivity index (χ3n) is 4.94. The van der Waals surface area contributed by atoms with Gasteiger partial charge in [0.15, 0.2) is 0 Å². The van der Waals surface area contributed by atoms with E-state index >= 15 is 0 Å². The van der Waals surface area contributed by atoms with Crippen LogP contribution in [-0.4, -0.2) is 61.5 Å². The monoisotopic (exact) mass is 518 g/mol. The number of nitrogens with one attached hydrogen (secondary N) is 1. The van der Waals surface area contributed by atoms with Crippen LogP contribution in [-0.2, 0) is 18.2 Å². The fourth-order valence-electron chi connectivity index (χ4n) is 3.34. The van der Waals surface area contributed by atoms with Gasteiger partial charge in [-0.25, -0.2) is 23.1 Å². The molecule has 0 bridgehead atoms. The Labute approximate surface area is 211 Å². The number of aromatic nitrogens is 4. The fourth-order valence-corrected chi connectivity index (χ4v) is 3.34. The highest BCUT2D eigenvalue weighted by atomic mass is 19.3. The first kappa shape index (κ1) is 27.3. The van der Waals surface area contributed by atoms with Crippen molar-refractivity contribution in [3.05, 3.63) is 70.4 Å². The number of ether oxygens (including phenoxy) is 1. The number of halogens is 2. The molecule has 0 spiro atoms. The van der Waals surface area contributed by atoms with E-state index in [-0.39, 0.29) is 23.2 Å². The Hall–Kier alpha value is -4.29. The van der Waals surface area contributed by atoms with Gasteiger partial charge < -0.3 is 15.2 Å². The molecule has 2 N–H and O–H groups in total. The Morgan fingerprint density at radius 3 is 2.57 bits per heavy atom. The number of carbonyl (C=O) groups is 2. The van der Waals surface area contributed by atoms with E-state index in [9.17, 15) is 28.3 Å². The number of amides is 2. The van der Waals surface area contributed by atoms with Crippen LogP contribution in [0.2, 0.25) is 0 Å². The highest BCUT2D eigenvalue weighted by molar-refractivity contribution is 5.86. The van der Waals surface area contributed by atoms with Crippen molar-refractivity contribution in [2.24, 2.45) is 7.05 Å². The lowest BCUT2D eigenvalue weighted by Gasteiger charge is -2.26. The average molecular weight is 519 g/mol. The summed E-state index contributed by atoms with van der Waals surface area (Å²) in [5.41, 5.74) is 0.0780.